The largest absolute Gasteiger partial charge is 0.366 e. The minimum atomic E-state index is -0.226. The number of hydrogen-bond donors (Lipinski definition) is 0. The summed E-state index contributed by atoms with van der Waals surface area (Å²) in [5, 5.41) is 0.923. The van der Waals surface area contributed by atoms with Gasteiger partial charge in [-0.1, -0.05) is 32.1 Å². The molecular formula is C16H26N2O2S. The molecule has 2 rings (SSSR count). The van der Waals surface area contributed by atoms with Crippen LogP contribution in [-0.2, 0) is 10.2 Å². The molecule has 0 aromatic carbocycles. The third-order valence-corrected chi connectivity index (χ3v) is 4.47. The van der Waals surface area contributed by atoms with E-state index in [4.69, 9.17) is 9.72 Å². The van der Waals surface area contributed by atoms with Crippen LogP contribution in [0.5, 0.6) is 0 Å². The van der Waals surface area contributed by atoms with Crippen molar-refractivity contribution in [1.82, 2.24) is 4.98 Å². The Kier molecular flexibility index (Phi) is 3.96. The van der Waals surface area contributed by atoms with Crippen molar-refractivity contribution in [3.05, 3.63) is 10.6 Å². The number of aromatic nitrogens is 1. The maximum Gasteiger partial charge on any atom is 0.186 e. The van der Waals surface area contributed by atoms with Gasteiger partial charge in [-0.05, 0) is 27.7 Å². The number of hydrogen-bond acceptors (Lipinski definition) is 5. The summed E-state index contributed by atoms with van der Waals surface area (Å²) in [5.74, 6) is 0. The number of carbonyl (C=O) groups excluding carboxylic acids is 1. The van der Waals surface area contributed by atoms with E-state index in [0.717, 1.165) is 35.1 Å². The number of morpholine rings is 1. The van der Waals surface area contributed by atoms with Gasteiger partial charge in [0.05, 0.1) is 21.8 Å². The highest BCUT2D eigenvalue weighted by Gasteiger charge is 2.39. The van der Waals surface area contributed by atoms with Crippen molar-refractivity contribution in [2.75, 3.05) is 18.0 Å². The van der Waals surface area contributed by atoms with Gasteiger partial charge < -0.3 is 9.64 Å². The molecule has 0 amide bonds. The molecule has 2 heterocycles. The van der Waals surface area contributed by atoms with Gasteiger partial charge >= 0.3 is 0 Å². The summed E-state index contributed by atoms with van der Waals surface area (Å²) in [5.41, 5.74) is 0.315. The van der Waals surface area contributed by atoms with Crippen LogP contribution in [0, 0.1) is 0 Å². The topological polar surface area (TPSA) is 42.4 Å². The van der Waals surface area contributed by atoms with Gasteiger partial charge in [0.25, 0.3) is 0 Å². The molecule has 1 aliphatic heterocycles. The van der Waals surface area contributed by atoms with Crippen LogP contribution in [-0.4, -0.2) is 35.6 Å². The molecule has 1 fully saturated rings. The van der Waals surface area contributed by atoms with Crippen LogP contribution in [0.2, 0.25) is 0 Å². The molecule has 4 nitrogen and oxygen atoms in total. The molecule has 1 saturated heterocycles. The minimum Gasteiger partial charge on any atom is -0.366 e. The summed E-state index contributed by atoms with van der Waals surface area (Å²) < 4.78 is 6.11. The highest BCUT2D eigenvalue weighted by atomic mass is 32.1. The van der Waals surface area contributed by atoms with Crippen LogP contribution in [0.4, 0.5) is 5.13 Å². The molecule has 118 valence electrons. The number of nitrogens with zero attached hydrogens (tertiary/aromatic N) is 2. The summed E-state index contributed by atoms with van der Waals surface area (Å²) in [6.45, 7) is 16.2. The number of aldehydes is 1. The van der Waals surface area contributed by atoms with Gasteiger partial charge in [-0.2, -0.15) is 0 Å². The number of rotatable bonds is 2. The second kappa shape index (κ2) is 5.06. The van der Waals surface area contributed by atoms with Crippen molar-refractivity contribution in [3.63, 3.8) is 0 Å². The van der Waals surface area contributed by atoms with Gasteiger partial charge in [-0.3, -0.25) is 4.79 Å². The molecule has 0 N–H and O–H groups in total. The Morgan fingerprint density at radius 2 is 1.71 bits per heavy atom. The first-order chi connectivity index (χ1) is 9.43. The van der Waals surface area contributed by atoms with Crippen molar-refractivity contribution >= 4 is 22.8 Å². The number of thiazole rings is 1. The first-order valence-corrected chi connectivity index (χ1v) is 8.17. The van der Waals surface area contributed by atoms with Crippen molar-refractivity contribution < 1.29 is 9.53 Å². The van der Waals surface area contributed by atoms with Crippen LogP contribution in [0.1, 0.15) is 63.8 Å². The fourth-order valence-electron chi connectivity index (χ4n) is 3.00. The highest BCUT2D eigenvalue weighted by Crippen LogP contribution is 2.37. The molecule has 1 aromatic rings. The average molecular weight is 310 g/mol. The molecule has 5 heteroatoms. The van der Waals surface area contributed by atoms with Gasteiger partial charge in [0, 0.05) is 18.5 Å². The maximum absolute atomic E-state index is 11.4. The summed E-state index contributed by atoms with van der Waals surface area (Å²) in [7, 11) is 0. The van der Waals surface area contributed by atoms with Crippen LogP contribution >= 0.6 is 11.3 Å². The Bertz CT molecular complexity index is 525. The lowest BCUT2D eigenvalue weighted by atomic mass is 9.91. The molecule has 0 aliphatic carbocycles. The van der Waals surface area contributed by atoms with E-state index in [9.17, 15) is 4.79 Å². The van der Waals surface area contributed by atoms with Crippen LogP contribution in [0.25, 0.3) is 0 Å². The Hall–Kier alpha value is -0.940. The fraction of sp³-hybridized carbons (Fsp3) is 0.750. The van der Waals surface area contributed by atoms with E-state index in [-0.39, 0.29) is 16.6 Å². The van der Waals surface area contributed by atoms with Gasteiger partial charge in [-0.15, -0.1) is 0 Å². The molecular weight excluding hydrogens is 284 g/mol. The van der Waals surface area contributed by atoms with E-state index < -0.39 is 0 Å². The summed E-state index contributed by atoms with van der Waals surface area (Å²) in [6, 6.07) is 0. The quantitative estimate of drug-likeness (QED) is 0.782. The lowest BCUT2D eigenvalue weighted by molar-refractivity contribution is -0.133. The second-order valence-electron chi connectivity index (χ2n) is 8.05. The normalized spacial score (nSPS) is 21.4. The third kappa shape index (κ3) is 3.64. The molecule has 0 bridgehead atoms. The van der Waals surface area contributed by atoms with Crippen molar-refractivity contribution in [3.8, 4) is 0 Å². The Labute approximate surface area is 131 Å². The predicted octanol–water partition coefficient (Wildman–Crippen LogP) is 3.65. The Morgan fingerprint density at radius 3 is 2.10 bits per heavy atom. The second-order valence-corrected chi connectivity index (χ2v) is 9.06. The van der Waals surface area contributed by atoms with Crippen molar-refractivity contribution in [1.29, 1.82) is 0 Å². The lowest BCUT2D eigenvalue weighted by Crippen LogP contribution is -2.57. The first kappa shape index (κ1) is 16.4. The van der Waals surface area contributed by atoms with Gasteiger partial charge in [0.2, 0.25) is 0 Å². The molecule has 21 heavy (non-hydrogen) atoms. The van der Waals surface area contributed by atoms with Crippen molar-refractivity contribution in [2.45, 2.75) is 65.1 Å². The Morgan fingerprint density at radius 1 is 1.19 bits per heavy atom. The molecule has 1 aromatic heterocycles. The van der Waals surface area contributed by atoms with E-state index in [2.05, 4.69) is 53.4 Å². The van der Waals surface area contributed by atoms with Crippen LogP contribution in [0.3, 0.4) is 0 Å². The van der Waals surface area contributed by atoms with E-state index in [0.29, 0.717) is 0 Å². The summed E-state index contributed by atoms with van der Waals surface area (Å²) in [4.78, 5) is 19.1. The zero-order chi connectivity index (χ0) is 16.1. The van der Waals surface area contributed by atoms with Crippen molar-refractivity contribution in [2.24, 2.45) is 0 Å². The number of anilines is 1. The molecule has 0 saturated carbocycles. The average Bonchev–Trinajstić information content (AvgIpc) is 2.67. The maximum atomic E-state index is 11.4. The number of ether oxygens (including phenoxy) is 1. The molecule has 0 unspecified atom stereocenters. The minimum absolute atomic E-state index is 0.123. The highest BCUT2D eigenvalue weighted by molar-refractivity contribution is 7.17. The van der Waals surface area contributed by atoms with E-state index in [1.54, 1.807) is 0 Å². The SMILES string of the molecule is CC1(C)CN(c2nc(C(C)(C)C)c(C=O)s2)CC(C)(C)O1. The standard InChI is InChI=1S/C16H26N2O2S/c1-14(2,3)12-11(8-19)21-13(17-12)18-9-15(4,5)20-16(6,7)10-18/h8H,9-10H2,1-7H3. The summed E-state index contributed by atoms with van der Waals surface area (Å²) in [6.07, 6.45) is 0.929. The van der Waals surface area contributed by atoms with Gasteiger partial charge in [-0.25, -0.2) is 4.98 Å². The van der Waals surface area contributed by atoms with Crippen LogP contribution < -0.4 is 4.90 Å². The zero-order valence-corrected chi connectivity index (χ0v) is 14.9. The van der Waals surface area contributed by atoms with Gasteiger partial charge in [0.15, 0.2) is 11.4 Å². The molecule has 0 radical (unpaired) electrons. The van der Waals surface area contributed by atoms with E-state index >= 15 is 0 Å². The van der Waals surface area contributed by atoms with Gasteiger partial charge in [0.1, 0.15) is 0 Å². The smallest absolute Gasteiger partial charge is 0.186 e. The monoisotopic (exact) mass is 310 g/mol. The first-order valence-electron chi connectivity index (χ1n) is 7.35. The van der Waals surface area contributed by atoms with E-state index in [1.165, 1.54) is 11.3 Å². The third-order valence-electron chi connectivity index (χ3n) is 3.43. The Balaban J connectivity index is 2.38. The lowest BCUT2D eigenvalue weighted by Gasteiger charge is -2.47. The predicted molar refractivity (Wildman–Crippen MR) is 87.7 cm³/mol. The zero-order valence-electron chi connectivity index (χ0n) is 14.1. The summed E-state index contributed by atoms with van der Waals surface area (Å²) >= 11 is 1.49. The molecule has 0 spiro atoms. The number of carbonyl (C=O) groups is 1. The van der Waals surface area contributed by atoms with E-state index in [1.807, 2.05) is 0 Å². The fourth-order valence-corrected chi connectivity index (χ4v) is 4.08. The van der Waals surface area contributed by atoms with Crippen LogP contribution in [0.15, 0.2) is 0 Å². The molecule has 1 aliphatic rings. The molecule has 0 atom stereocenters.